The lowest BCUT2D eigenvalue weighted by molar-refractivity contribution is -0.143. The molecule has 0 saturated carbocycles. The van der Waals surface area contributed by atoms with Crippen molar-refractivity contribution in [3.8, 4) is 0 Å². The van der Waals surface area contributed by atoms with Crippen molar-refractivity contribution in [2.24, 2.45) is 5.73 Å². The van der Waals surface area contributed by atoms with Crippen LogP contribution in [0.4, 0.5) is 0 Å². The van der Waals surface area contributed by atoms with E-state index in [4.69, 9.17) is 10.5 Å². The van der Waals surface area contributed by atoms with Crippen molar-refractivity contribution in [2.75, 3.05) is 19.7 Å². The predicted octanol–water partition coefficient (Wildman–Crippen LogP) is 4.23. The second-order valence-electron chi connectivity index (χ2n) is 8.01. The monoisotopic (exact) mass is 414 g/mol. The molecule has 0 aliphatic rings. The lowest BCUT2D eigenvalue weighted by Gasteiger charge is -2.09. The fourth-order valence-electron chi connectivity index (χ4n) is 3.20. The summed E-state index contributed by atoms with van der Waals surface area (Å²) in [6.07, 6.45) is 17.0. The number of rotatable bonds is 21. The van der Waals surface area contributed by atoms with Crippen LogP contribution in [0, 0.1) is 0 Å². The first-order valence-electron chi connectivity index (χ1n) is 11.9. The number of nitrogens with one attached hydrogen (secondary N) is 1. The van der Waals surface area contributed by atoms with Gasteiger partial charge in [-0.05, 0) is 19.3 Å². The summed E-state index contributed by atoms with van der Waals surface area (Å²) in [6, 6.07) is 0. The average molecular weight is 415 g/mol. The van der Waals surface area contributed by atoms with Crippen LogP contribution in [0.15, 0.2) is 0 Å². The molecular weight excluding hydrogens is 368 g/mol. The smallest absolute Gasteiger partial charge is 0.305 e. The summed E-state index contributed by atoms with van der Waals surface area (Å²) in [4.78, 5) is 22.8. The number of hydrogen-bond acceptors (Lipinski definition) is 5. The van der Waals surface area contributed by atoms with Crippen molar-refractivity contribution >= 4 is 11.9 Å². The Morgan fingerprint density at radius 3 is 1.79 bits per heavy atom. The molecule has 1 amide bonds. The van der Waals surface area contributed by atoms with Gasteiger partial charge < -0.3 is 20.9 Å². The van der Waals surface area contributed by atoms with Crippen LogP contribution in [-0.2, 0) is 14.3 Å². The molecule has 0 aromatic heterocycles. The Labute approximate surface area is 178 Å². The maximum atomic E-state index is 11.6. The summed E-state index contributed by atoms with van der Waals surface area (Å²) in [6.45, 7) is 3.01. The molecule has 1 unspecified atom stereocenters. The lowest BCUT2D eigenvalue weighted by atomic mass is 10.0. The van der Waals surface area contributed by atoms with Crippen LogP contribution in [0.5, 0.6) is 0 Å². The van der Waals surface area contributed by atoms with Gasteiger partial charge in [0.05, 0.1) is 12.7 Å². The van der Waals surface area contributed by atoms with Crippen LogP contribution in [0.25, 0.3) is 0 Å². The summed E-state index contributed by atoms with van der Waals surface area (Å²) < 4.78 is 5.15. The van der Waals surface area contributed by atoms with E-state index >= 15 is 0 Å². The van der Waals surface area contributed by atoms with Crippen LogP contribution in [0.3, 0.4) is 0 Å². The molecule has 0 fully saturated rings. The summed E-state index contributed by atoms with van der Waals surface area (Å²) in [7, 11) is 0. The van der Waals surface area contributed by atoms with E-state index in [1.807, 2.05) is 6.92 Å². The topological polar surface area (TPSA) is 102 Å². The summed E-state index contributed by atoms with van der Waals surface area (Å²) in [5.74, 6) is -0.0490. The van der Waals surface area contributed by atoms with E-state index in [0.717, 1.165) is 32.1 Å². The SMILES string of the molecule is CCCC(=O)OCCCCCCCCCCCCCCCC(=O)NCC(O)CN. The van der Waals surface area contributed by atoms with Crippen molar-refractivity contribution in [1.29, 1.82) is 0 Å². The molecule has 0 aromatic rings. The minimum absolute atomic E-state index is 0.00927. The number of esters is 1. The Kier molecular flexibility index (Phi) is 20.7. The van der Waals surface area contributed by atoms with Crippen LogP contribution in [-0.4, -0.2) is 42.8 Å². The van der Waals surface area contributed by atoms with E-state index in [0.29, 0.717) is 19.4 Å². The van der Waals surface area contributed by atoms with Gasteiger partial charge in [-0.15, -0.1) is 0 Å². The number of nitrogens with two attached hydrogens (primary N) is 1. The molecule has 0 aromatic carbocycles. The van der Waals surface area contributed by atoms with Gasteiger partial charge in [0.25, 0.3) is 0 Å². The molecule has 0 aliphatic heterocycles. The number of unbranched alkanes of at least 4 members (excludes halogenated alkanes) is 12. The van der Waals surface area contributed by atoms with Crippen LogP contribution in [0.1, 0.15) is 110 Å². The number of hydrogen-bond donors (Lipinski definition) is 3. The fourth-order valence-corrected chi connectivity index (χ4v) is 3.20. The Morgan fingerprint density at radius 1 is 0.828 bits per heavy atom. The molecular formula is C23H46N2O4. The van der Waals surface area contributed by atoms with Gasteiger partial charge in [0, 0.05) is 25.9 Å². The zero-order valence-corrected chi connectivity index (χ0v) is 18.8. The zero-order valence-electron chi connectivity index (χ0n) is 18.8. The maximum absolute atomic E-state index is 11.6. The molecule has 0 radical (unpaired) electrons. The zero-order chi connectivity index (χ0) is 21.6. The number of amides is 1. The minimum Gasteiger partial charge on any atom is -0.466 e. The van der Waals surface area contributed by atoms with Crippen LogP contribution >= 0.6 is 0 Å². The van der Waals surface area contributed by atoms with Gasteiger partial charge >= 0.3 is 5.97 Å². The standard InChI is InChI=1S/C23H46N2O4/c1-2-16-23(28)29-18-15-13-11-9-7-5-3-4-6-8-10-12-14-17-22(27)25-20-21(26)19-24/h21,26H,2-20,24H2,1H3,(H,25,27). The number of ether oxygens (including phenoxy) is 1. The van der Waals surface area contributed by atoms with E-state index in [-0.39, 0.29) is 25.0 Å². The first-order chi connectivity index (χ1) is 14.1. The molecule has 0 saturated heterocycles. The summed E-state index contributed by atoms with van der Waals surface area (Å²) >= 11 is 0. The molecule has 0 heterocycles. The average Bonchev–Trinajstić information content (AvgIpc) is 2.71. The van der Waals surface area contributed by atoms with E-state index in [1.54, 1.807) is 0 Å². The third-order valence-electron chi connectivity index (χ3n) is 5.07. The molecule has 4 N–H and O–H groups in total. The number of aliphatic hydroxyl groups excluding tert-OH is 1. The Balaban J connectivity index is 3.17. The van der Waals surface area contributed by atoms with Gasteiger partial charge in [-0.25, -0.2) is 0 Å². The molecule has 0 bridgehead atoms. The van der Waals surface area contributed by atoms with Gasteiger partial charge in [0.1, 0.15) is 0 Å². The molecule has 29 heavy (non-hydrogen) atoms. The Bertz CT molecular complexity index is 391. The molecule has 1 atom stereocenters. The summed E-state index contributed by atoms with van der Waals surface area (Å²) in [5, 5.41) is 12.0. The second-order valence-corrected chi connectivity index (χ2v) is 8.01. The van der Waals surface area contributed by atoms with Crippen molar-refractivity contribution < 1.29 is 19.4 Å². The van der Waals surface area contributed by atoms with E-state index in [2.05, 4.69) is 5.32 Å². The quantitative estimate of drug-likeness (QED) is 0.193. The molecule has 0 spiro atoms. The van der Waals surface area contributed by atoms with E-state index in [1.165, 1.54) is 57.8 Å². The fraction of sp³-hybridized carbons (Fsp3) is 0.913. The highest BCUT2D eigenvalue weighted by molar-refractivity contribution is 5.75. The highest BCUT2D eigenvalue weighted by Gasteiger charge is 2.04. The van der Waals surface area contributed by atoms with Crippen molar-refractivity contribution in [1.82, 2.24) is 5.32 Å². The molecule has 6 heteroatoms. The van der Waals surface area contributed by atoms with Gasteiger partial charge in [-0.3, -0.25) is 9.59 Å². The predicted molar refractivity (Wildman–Crippen MR) is 119 cm³/mol. The van der Waals surface area contributed by atoms with Gasteiger partial charge in [-0.2, -0.15) is 0 Å². The van der Waals surface area contributed by atoms with E-state index in [9.17, 15) is 14.7 Å². The van der Waals surface area contributed by atoms with Crippen LogP contribution in [0.2, 0.25) is 0 Å². The minimum atomic E-state index is -0.638. The first kappa shape index (κ1) is 27.9. The lowest BCUT2D eigenvalue weighted by Crippen LogP contribution is -2.35. The van der Waals surface area contributed by atoms with Crippen molar-refractivity contribution in [2.45, 2.75) is 116 Å². The largest absolute Gasteiger partial charge is 0.466 e. The van der Waals surface area contributed by atoms with Crippen molar-refractivity contribution in [3.63, 3.8) is 0 Å². The maximum Gasteiger partial charge on any atom is 0.305 e. The second kappa shape index (κ2) is 21.6. The number of carbonyl (C=O) groups excluding carboxylic acids is 2. The molecule has 0 aliphatic carbocycles. The highest BCUT2D eigenvalue weighted by atomic mass is 16.5. The Morgan fingerprint density at radius 2 is 1.31 bits per heavy atom. The third-order valence-corrected chi connectivity index (χ3v) is 5.07. The molecule has 172 valence electrons. The van der Waals surface area contributed by atoms with Gasteiger partial charge in [0.15, 0.2) is 0 Å². The number of aliphatic hydroxyl groups is 1. The van der Waals surface area contributed by atoms with Gasteiger partial charge in [-0.1, -0.05) is 77.6 Å². The molecule has 6 nitrogen and oxygen atoms in total. The number of carbonyl (C=O) groups is 2. The van der Waals surface area contributed by atoms with Gasteiger partial charge in [0.2, 0.25) is 5.91 Å². The van der Waals surface area contributed by atoms with E-state index < -0.39 is 6.10 Å². The van der Waals surface area contributed by atoms with Crippen LogP contribution < -0.4 is 11.1 Å². The summed E-state index contributed by atoms with van der Waals surface area (Å²) in [5.41, 5.74) is 5.30. The third kappa shape index (κ3) is 21.4. The van der Waals surface area contributed by atoms with Crippen molar-refractivity contribution in [3.05, 3.63) is 0 Å². The normalized spacial score (nSPS) is 12.0. The Hall–Kier alpha value is -1.14. The highest BCUT2D eigenvalue weighted by Crippen LogP contribution is 2.13. The molecule has 0 rings (SSSR count). The first-order valence-corrected chi connectivity index (χ1v) is 11.9.